The quantitative estimate of drug-likeness (QED) is 0.541. The highest BCUT2D eigenvalue weighted by molar-refractivity contribution is 14.1. The van der Waals surface area contributed by atoms with Crippen LogP contribution in [0.4, 0.5) is 11.6 Å². The average Bonchev–Trinajstić information content (AvgIpc) is 2.79. The van der Waals surface area contributed by atoms with Gasteiger partial charge in [-0.15, -0.1) is 10.2 Å². The molecule has 1 unspecified atom stereocenters. The third kappa shape index (κ3) is 4.57. The second kappa shape index (κ2) is 9.35. The lowest BCUT2D eigenvalue weighted by Gasteiger charge is -2.36. The van der Waals surface area contributed by atoms with Crippen LogP contribution in [0.25, 0.3) is 0 Å². The largest absolute Gasteiger partial charge is 0.352 e. The van der Waals surface area contributed by atoms with Crippen LogP contribution < -0.4 is 9.80 Å². The molecule has 7 nitrogen and oxygen atoms in total. The van der Waals surface area contributed by atoms with Gasteiger partial charge in [0.1, 0.15) is 0 Å². The molecule has 2 fully saturated rings. The van der Waals surface area contributed by atoms with Crippen molar-refractivity contribution in [2.45, 2.75) is 43.5 Å². The fraction of sp³-hybridized carbons (Fsp3) is 0.524. The summed E-state index contributed by atoms with van der Waals surface area (Å²) in [6.07, 6.45) is 4.84. The van der Waals surface area contributed by atoms with Gasteiger partial charge in [0.05, 0.1) is 4.90 Å². The summed E-state index contributed by atoms with van der Waals surface area (Å²) < 4.78 is 28.4. The van der Waals surface area contributed by atoms with E-state index in [4.69, 9.17) is 0 Å². The molecule has 2 aromatic rings. The number of anilines is 2. The molecule has 2 aliphatic heterocycles. The van der Waals surface area contributed by atoms with Gasteiger partial charge >= 0.3 is 0 Å². The molecular formula is C21H28IN5O2S. The summed E-state index contributed by atoms with van der Waals surface area (Å²) in [4.78, 5) is 4.85. The Morgan fingerprint density at radius 2 is 1.60 bits per heavy atom. The van der Waals surface area contributed by atoms with Gasteiger partial charge in [-0.1, -0.05) is 6.92 Å². The minimum absolute atomic E-state index is 0.354. The van der Waals surface area contributed by atoms with E-state index < -0.39 is 10.0 Å². The molecule has 4 rings (SSSR count). The van der Waals surface area contributed by atoms with Crippen LogP contribution in [-0.4, -0.2) is 61.7 Å². The summed E-state index contributed by atoms with van der Waals surface area (Å²) >= 11 is 2.18. The van der Waals surface area contributed by atoms with E-state index in [9.17, 15) is 8.42 Å². The monoisotopic (exact) mass is 541 g/mol. The summed E-state index contributed by atoms with van der Waals surface area (Å²) in [7, 11) is -3.45. The van der Waals surface area contributed by atoms with E-state index in [1.165, 1.54) is 19.3 Å². The minimum Gasteiger partial charge on any atom is -0.352 e. The van der Waals surface area contributed by atoms with Crippen molar-refractivity contribution in [3.05, 3.63) is 40.0 Å². The first-order valence-electron chi connectivity index (χ1n) is 10.6. The van der Waals surface area contributed by atoms with Crippen LogP contribution in [0, 0.1) is 3.57 Å². The first-order valence-corrected chi connectivity index (χ1v) is 13.1. The molecule has 9 heteroatoms. The number of hydrogen-bond acceptors (Lipinski definition) is 6. The number of aromatic nitrogens is 2. The molecule has 3 heterocycles. The normalized spacial score (nSPS) is 21.1. The number of piperazine rings is 1. The predicted octanol–water partition coefficient (Wildman–Crippen LogP) is 3.36. The lowest BCUT2D eigenvalue weighted by atomic mass is 10.0. The summed E-state index contributed by atoms with van der Waals surface area (Å²) in [6, 6.07) is 11.6. The molecule has 0 N–H and O–H groups in total. The maximum Gasteiger partial charge on any atom is 0.243 e. The van der Waals surface area contributed by atoms with Gasteiger partial charge in [0.15, 0.2) is 11.6 Å². The highest BCUT2D eigenvalue weighted by atomic mass is 127. The summed E-state index contributed by atoms with van der Waals surface area (Å²) in [5, 5.41) is 8.97. The molecule has 0 radical (unpaired) electrons. The van der Waals surface area contributed by atoms with Crippen molar-refractivity contribution in [2.24, 2.45) is 0 Å². The molecule has 2 saturated heterocycles. The lowest BCUT2D eigenvalue weighted by Crippen LogP contribution is -2.49. The Labute approximate surface area is 192 Å². The zero-order chi connectivity index (χ0) is 21.1. The van der Waals surface area contributed by atoms with Gasteiger partial charge < -0.3 is 9.80 Å². The van der Waals surface area contributed by atoms with Crippen molar-refractivity contribution in [3.8, 4) is 0 Å². The molecule has 0 amide bonds. The van der Waals surface area contributed by atoms with Gasteiger partial charge in [-0.25, -0.2) is 8.42 Å². The summed E-state index contributed by atoms with van der Waals surface area (Å²) in [5.74, 6) is 1.76. The molecule has 30 heavy (non-hydrogen) atoms. The van der Waals surface area contributed by atoms with Crippen LogP contribution in [0.1, 0.15) is 32.6 Å². The van der Waals surface area contributed by atoms with E-state index in [-0.39, 0.29) is 0 Å². The van der Waals surface area contributed by atoms with Crippen molar-refractivity contribution in [2.75, 3.05) is 42.5 Å². The number of hydrogen-bond donors (Lipinski definition) is 0. The van der Waals surface area contributed by atoms with Gasteiger partial charge in [0, 0.05) is 42.3 Å². The zero-order valence-electron chi connectivity index (χ0n) is 17.2. The van der Waals surface area contributed by atoms with Gasteiger partial charge in [-0.2, -0.15) is 4.31 Å². The van der Waals surface area contributed by atoms with E-state index in [0.29, 0.717) is 37.1 Å². The predicted molar refractivity (Wildman–Crippen MR) is 127 cm³/mol. The molecule has 0 saturated carbocycles. The van der Waals surface area contributed by atoms with Gasteiger partial charge in [0.25, 0.3) is 0 Å². The van der Waals surface area contributed by atoms with E-state index in [2.05, 4.69) is 55.6 Å². The molecule has 2 aliphatic rings. The fourth-order valence-corrected chi connectivity index (χ4v) is 6.06. The van der Waals surface area contributed by atoms with Crippen molar-refractivity contribution in [1.29, 1.82) is 0 Å². The maximum atomic E-state index is 12.9. The third-order valence-electron chi connectivity index (χ3n) is 6.04. The van der Waals surface area contributed by atoms with E-state index in [1.807, 2.05) is 18.2 Å². The second-order valence-electron chi connectivity index (χ2n) is 7.85. The summed E-state index contributed by atoms with van der Waals surface area (Å²) in [5.41, 5.74) is 0. The Bertz CT molecular complexity index is 944. The first-order chi connectivity index (χ1) is 14.5. The van der Waals surface area contributed by atoms with Crippen LogP contribution in [-0.2, 0) is 10.0 Å². The van der Waals surface area contributed by atoms with Crippen molar-refractivity contribution in [1.82, 2.24) is 14.5 Å². The number of nitrogens with zero attached hydrogens (tertiary/aromatic N) is 5. The Balaban J connectivity index is 1.40. The smallest absolute Gasteiger partial charge is 0.243 e. The van der Waals surface area contributed by atoms with Crippen molar-refractivity contribution >= 4 is 44.2 Å². The third-order valence-corrected chi connectivity index (χ3v) is 8.68. The molecular weight excluding hydrogens is 513 g/mol. The highest BCUT2D eigenvalue weighted by Gasteiger charge is 2.29. The molecule has 1 atom stereocenters. The van der Waals surface area contributed by atoms with Gasteiger partial charge in [-0.3, -0.25) is 0 Å². The van der Waals surface area contributed by atoms with Crippen LogP contribution in [0.5, 0.6) is 0 Å². The van der Waals surface area contributed by atoms with Gasteiger partial charge in [-0.05, 0) is 84.7 Å². The van der Waals surface area contributed by atoms with Crippen LogP contribution in [0.3, 0.4) is 0 Å². The van der Waals surface area contributed by atoms with Crippen LogP contribution in [0.2, 0.25) is 0 Å². The topological polar surface area (TPSA) is 69.6 Å². The Kier molecular flexibility index (Phi) is 6.78. The Hall–Kier alpha value is -1.46. The van der Waals surface area contributed by atoms with E-state index >= 15 is 0 Å². The Morgan fingerprint density at radius 3 is 2.23 bits per heavy atom. The molecule has 1 aromatic heterocycles. The molecule has 162 valence electrons. The van der Waals surface area contributed by atoms with Gasteiger partial charge in [0.2, 0.25) is 10.0 Å². The lowest BCUT2D eigenvalue weighted by molar-refractivity contribution is 0.383. The Morgan fingerprint density at radius 1 is 0.933 bits per heavy atom. The number of piperidine rings is 1. The van der Waals surface area contributed by atoms with Crippen LogP contribution in [0.15, 0.2) is 41.3 Å². The van der Waals surface area contributed by atoms with Crippen molar-refractivity contribution < 1.29 is 8.42 Å². The molecule has 0 spiro atoms. The standard InChI is InChI=1S/C21H28IN5O2S/c1-2-18-5-3-4-12-27(18)21-11-10-20(23-24-21)25-13-15-26(16-14-25)30(28,29)19-8-6-17(22)7-9-19/h6-11,18H,2-5,12-16H2,1H3. The summed E-state index contributed by atoms with van der Waals surface area (Å²) in [6.45, 7) is 5.39. The van der Waals surface area contributed by atoms with Crippen LogP contribution >= 0.6 is 22.6 Å². The molecule has 0 bridgehead atoms. The number of halogens is 1. The van der Waals surface area contributed by atoms with E-state index in [0.717, 1.165) is 28.2 Å². The first kappa shape index (κ1) is 21.8. The second-order valence-corrected chi connectivity index (χ2v) is 11.0. The number of benzene rings is 1. The fourth-order valence-electron chi connectivity index (χ4n) is 4.28. The molecule has 0 aliphatic carbocycles. The highest BCUT2D eigenvalue weighted by Crippen LogP contribution is 2.26. The molecule has 1 aromatic carbocycles. The maximum absolute atomic E-state index is 12.9. The average molecular weight is 541 g/mol. The van der Waals surface area contributed by atoms with Crippen molar-refractivity contribution in [3.63, 3.8) is 0 Å². The SMILES string of the molecule is CCC1CCCCN1c1ccc(N2CCN(S(=O)(=O)c3ccc(I)cc3)CC2)nn1. The number of sulfonamides is 1. The number of rotatable bonds is 5. The zero-order valence-corrected chi connectivity index (χ0v) is 20.2. The minimum atomic E-state index is -3.45. The van der Waals surface area contributed by atoms with E-state index in [1.54, 1.807) is 16.4 Å².